The zero-order valence-corrected chi connectivity index (χ0v) is 13.5. The molecule has 0 amide bonds. The first kappa shape index (κ1) is 15.8. The third-order valence-electron chi connectivity index (χ3n) is 2.98. The van der Waals surface area contributed by atoms with Crippen molar-refractivity contribution in [2.75, 3.05) is 6.54 Å². The van der Waals surface area contributed by atoms with Gasteiger partial charge in [0.2, 0.25) is 0 Å². The number of thiocarbonyl (C=S) groups is 1. The molecule has 0 saturated heterocycles. The van der Waals surface area contributed by atoms with Crippen LogP contribution in [0.25, 0.3) is 0 Å². The van der Waals surface area contributed by atoms with Crippen LogP contribution in [0.5, 0.6) is 0 Å². The Balaban J connectivity index is 1.60. The molecule has 6 heteroatoms. The Morgan fingerprint density at radius 2 is 2.05 bits per heavy atom. The quantitative estimate of drug-likeness (QED) is 0.634. The molecule has 4 nitrogen and oxygen atoms in total. The van der Waals surface area contributed by atoms with E-state index in [4.69, 9.17) is 23.8 Å². The minimum atomic E-state index is 0.668. The lowest BCUT2D eigenvalue weighted by Crippen LogP contribution is -2.35. The minimum absolute atomic E-state index is 0.668. The first-order valence-corrected chi connectivity index (χ1v) is 7.67. The molecule has 0 spiro atoms. The molecule has 2 rings (SSSR count). The second kappa shape index (κ2) is 8.00. The fourth-order valence-corrected chi connectivity index (χ4v) is 2.18. The summed E-state index contributed by atoms with van der Waals surface area (Å²) in [6, 6.07) is 7.72. The Morgan fingerprint density at radius 1 is 1.29 bits per heavy atom. The van der Waals surface area contributed by atoms with Crippen molar-refractivity contribution in [3.63, 3.8) is 0 Å². The summed E-state index contributed by atoms with van der Waals surface area (Å²) in [6.45, 7) is 4.45. The summed E-state index contributed by atoms with van der Waals surface area (Å²) in [4.78, 5) is 0. The predicted molar refractivity (Wildman–Crippen MR) is 90.5 cm³/mol. The number of rotatable bonds is 6. The van der Waals surface area contributed by atoms with Crippen molar-refractivity contribution in [2.24, 2.45) is 0 Å². The number of nitrogens with zero attached hydrogens (tertiary/aromatic N) is 2. The molecule has 0 fully saturated rings. The topological polar surface area (TPSA) is 41.9 Å². The summed E-state index contributed by atoms with van der Waals surface area (Å²) in [5, 5.41) is 12.0. The first-order valence-electron chi connectivity index (χ1n) is 6.89. The lowest BCUT2D eigenvalue weighted by atomic mass is 10.2. The average Bonchev–Trinajstić information content (AvgIpc) is 2.89. The highest BCUT2D eigenvalue weighted by Gasteiger charge is 1.98. The Labute approximate surface area is 135 Å². The Morgan fingerprint density at radius 3 is 2.71 bits per heavy atom. The number of benzene rings is 1. The maximum atomic E-state index is 5.85. The highest BCUT2D eigenvalue weighted by molar-refractivity contribution is 7.80. The molecule has 0 bridgehead atoms. The van der Waals surface area contributed by atoms with Crippen LogP contribution in [0.15, 0.2) is 36.7 Å². The average molecular weight is 323 g/mol. The third kappa shape index (κ3) is 5.73. The molecular weight excluding hydrogens is 304 g/mol. The molecule has 0 aliphatic carbocycles. The van der Waals surface area contributed by atoms with Gasteiger partial charge in [0, 0.05) is 30.9 Å². The van der Waals surface area contributed by atoms with Crippen molar-refractivity contribution < 1.29 is 0 Å². The molecule has 112 valence electrons. The van der Waals surface area contributed by atoms with Gasteiger partial charge >= 0.3 is 0 Å². The molecule has 1 aromatic heterocycles. The van der Waals surface area contributed by atoms with Crippen LogP contribution < -0.4 is 10.6 Å². The second-order valence-electron chi connectivity index (χ2n) is 4.87. The zero-order valence-electron chi connectivity index (χ0n) is 12.0. The fraction of sp³-hybridized carbons (Fsp3) is 0.333. The molecule has 0 atom stereocenters. The van der Waals surface area contributed by atoms with Gasteiger partial charge in [-0.25, -0.2) is 0 Å². The minimum Gasteiger partial charge on any atom is -0.363 e. The number of aromatic nitrogens is 2. The van der Waals surface area contributed by atoms with Crippen molar-refractivity contribution in [3.8, 4) is 0 Å². The molecule has 2 N–H and O–H groups in total. The summed E-state index contributed by atoms with van der Waals surface area (Å²) < 4.78 is 1.95. The van der Waals surface area contributed by atoms with E-state index in [2.05, 4.69) is 15.7 Å². The lowest BCUT2D eigenvalue weighted by molar-refractivity contribution is 0.571. The monoisotopic (exact) mass is 322 g/mol. The van der Waals surface area contributed by atoms with Gasteiger partial charge in [0.25, 0.3) is 0 Å². The van der Waals surface area contributed by atoms with Gasteiger partial charge in [0.15, 0.2) is 5.11 Å². The van der Waals surface area contributed by atoms with E-state index in [0.29, 0.717) is 11.7 Å². The van der Waals surface area contributed by atoms with E-state index in [-0.39, 0.29) is 0 Å². The number of aryl methyl sites for hydroxylation is 2. The summed E-state index contributed by atoms with van der Waals surface area (Å²) >= 11 is 11.1. The third-order valence-corrected chi connectivity index (χ3v) is 3.52. The van der Waals surface area contributed by atoms with Crippen LogP contribution in [0.3, 0.4) is 0 Å². The van der Waals surface area contributed by atoms with Gasteiger partial charge in [-0.15, -0.1) is 0 Å². The molecule has 0 unspecified atom stereocenters. The van der Waals surface area contributed by atoms with E-state index < -0.39 is 0 Å². The van der Waals surface area contributed by atoms with Crippen LogP contribution >= 0.6 is 23.8 Å². The maximum absolute atomic E-state index is 5.85. The van der Waals surface area contributed by atoms with Gasteiger partial charge in [-0.05, 0) is 48.8 Å². The van der Waals surface area contributed by atoms with E-state index in [1.54, 1.807) is 0 Å². The fourth-order valence-electron chi connectivity index (χ4n) is 1.88. The molecular formula is C15H19ClN4S. The zero-order chi connectivity index (χ0) is 15.1. The molecule has 0 saturated carbocycles. The number of hydrogen-bond acceptors (Lipinski definition) is 2. The number of hydrogen-bond donors (Lipinski definition) is 2. The van der Waals surface area contributed by atoms with Gasteiger partial charge < -0.3 is 10.6 Å². The van der Waals surface area contributed by atoms with Crippen molar-refractivity contribution in [3.05, 3.63) is 52.8 Å². The normalized spacial score (nSPS) is 10.4. The highest BCUT2D eigenvalue weighted by Crippen LogP contribution is 2.08. The lowest BCUT2D eigenvalue weighted by Gasteiger charge is -2.10. The van der Waals surface area contributed by atoms with E-state index >= 15 is 0 Å². The van der Waals surface area contributed by atoms with Crippen LogP contribution in [0.2, 0.25) is 5.02 Å². The summed E-state index contributed by atoms with van der Waals surface area (Å²) in [5.74, 6) is 0. The van der Waals surface area contributed by atoms with Crippen LogP contribution in [0.1, 0.15) is 17.5 Å². The summed E-state index contributed by atoms with van der Waals surface area (Å²) in [7, 11) is 0. The van der Waals surface area contributed by atoms with Crippen LogP contribution in [0.4, 0.5) is 0 Å². The van der Waals surface area contributed by atoms with E-state index in [1.807, 2.05) is 48.3 Å². The second-order valence-corrected chi connectivity index (χ2v) is 5.71. The molecule has 21 heavy (non-hydrogen) atoms. The Bertz CT molecular complexity index is 580. The summed E-state index contributed by atoms with van der Waals surface area (Å²) in [5.41, 5.74) is 2.33. The van der Waals surface area contributed by atoms with E-state index in [9.17, 15) is 0 Å². The van der Waals surface area contributed by atoms with Crippen LogP contribution in [-0.4, -0.2) is 21.4 Å². The van der Waals surface area contributed by atoms with E-state index in [1.165, 1.54) is 5.56 Å². The molecule has 0 aliphatic rings. The van der Waals surface area contributed by atoms with Crippen molar-refractivity contribution >= 4 is 28.9 Å². The SMILES string of the molecule is Cc1cnn(CCCNC(=S)NCc2ccc(Cl)cc2)c1. The molecule has 1 aromatic carbocycles. The molecule has 2 aromatic rings. The molecule has 1 heterocycles. The molecule has 0 radical (unpaired) electrons. The standard InChI is InChI=1S/C15H19ClN4S/c1-12-9-19-20(11-12)8-2-7-17-15(21)18-10-13-3-5-14(16)6-4-13/h3-6,9,11H,2,7-8,10H2,1H3,(H2,17,18,21). The maximum Gasteiger partial charge on any atom is 0.166 e. The van der Waals surface area contributed by atoms with Gasteiger partial charge in [0.05, 0.1) is 6.20 Å². The Kier molecular flexibility index (Phi) is 6.02. The largest absolute Gasteiger partial charge is 0.363 e. The smallest absolute Gasteiger partial charge is 0.166 e. The number of halogens is 1. The molecule has 0 aliphatic heterocycles. The van der Waals surface area contributed by atoms with Crippen LogP contribution in [-0.2, 0) is 13.1 Å². The first-order chi connectivity index (χ1) is 10.1. The highest BCUT2D eigenvalue weighted by atomic mass is 35.5. The van der Waals surface area contributed by atoms with Gasteiger partial charge in [-0.2, -0.15) is 5.10 Å². The van der Waals surface area contributed by atoms with E-state index in [0.717, 1.165) is 30.1 Å². The summed E-state index contributed by atoms with van der Waals surface area (Å²) in [6.07, 6.45) is 4.88. The van der Waals surface area contributed by atoms with Crippen molar-refractivity contribution in [1.82, 2.24) is 20.4 Å². The van der Waals surface area contributed by atoms with Crippen molar-refractivity contribution in [1.29, 1.82) is 0 Å². The van der Waals surface area contributed by atoms with Gasteiger partial charge in [-0.1, -0.05) is 23.7 Å². The van der Waals surface area contributed by atoms with Gasteiger partial charge in [-0.3, -0.25) is 4.68 Å². The Hall–Kier alpha value is -1.59. The van der Waals surface area contributed by atoms with Gasteiger partial charge in [0.1, 0.15) is 0 Å². The van der Waals surface area contributed by atoms with Crippen molar-refractivity contribution in [2.45, 2.75) is 26.4 Å². The predicted octanol–water partition coefficient (Wildman–Crippen LogP) is 2.90. The number of nitrogens with one attached hydrogen (secondary N) is 2. The van der Waals surface area contributed by atoms with Crippen LogP contribution in [0, 0.1) is 6.92 Å².